The Labute approximate surface area is 213 Å². The van der Waals surface area contributed by atoms with E-state index < -0.39 is 5.92 Å². The van der Waals surface area contributed by atoms with E-state index in [-0.39, 0.29) is 29.9 Å². The number of carbonyl (C=O) groups excluding carboxylic acids is 1. The first kappa shape index (κ1) is 23.2. The maximum absolute atomic E-state index is 15.0. The maximum Gasteiger partial charge on any atom is 0.326 e. The van der Waals surface area contributed by atoms with Gasteiger partial charge in [0.1, 0.15) is 11.5 Å². The van der Waals surface area contributed by atoms with Crippen LogP contribution in [0.2, 0.25) is 0 Å². The number of rotatable bonds is 5. The topological polar surface area (TPSA) is 75.4 Å². The number of hydrogen-bond acceptors (Lipinski definition) is 3. The van der Waals surface area contributed by atoms with Gasteiger partial charge in [-0.15, -0.1) is 0 Å². The van der Waals surface area contributed by atoms with Crippen LogP contribution in [-0.2, 0) is 4.79 Å². The quantitative estimate of drug-likeness (QED) is 0.379. The third-order valence-corrected chi connectivity index (χ3v) is 7.52. The lowest BCUT2D eigenvalue weighted by molar-refractivity contribution is -0.132. The number of imidazole rings is 2. The largest absolute Gasteiger partial charge is 0.343 e. The average molecular weight is 498 g/mol. The van der Waals surface area contributed by atoms with Crippen molar-refractivity contribution in [2.24, 2.45) is 0 Å². The fraction of sp³-hybridized carbons (Fsp3) is 0.276. The first-order valence-electron chi connectivity index (χ1n) is 12.6. The number of aryl methyl sites for hydroxylation is 1. The summed E-state index contributed by atoms with van der Waals surface area (Å²) < 4.78 is 18.7. The van der Waals surface area contributed by atoms with Crippen molar-refractivity contribution in [3.63, 3.8) is 0 Å². The van der Waals surface area contributed by atoms with Gasteiger partial charge in [-0.25, -0.2) is 14.2 Å². The summed E-state index contributed by atoms with van der Waals surface area (Å²) in [6, 6.07) is 18.3. The molecule has 1 atom stereocenters. The van der Waals surface area contributed by atoms with Gasteiger partial charge in [0.15, 0.2) is 0 Å². The van der Waals surface area contributed by atoms with Gasteiger partial charge < -0.3 is 14.3 Å². The molecule has 4 heterocycles. The number of nitrogens with one attached hydrogen (secondary N) is 1. The minimum atomic E-state index is -0.472. The van der Waals surface area contributed by atoms with Crippen molar-refractivity contribution in [2.45, 2.75) is 38.1 Å². The molecule has 1 aliphatic rings. The van der Waals surface area contributed by atoms with Crippen LogP contribution in [0.25, 0.3) is 16.7 Å². The maximum atomic E-state index is 15.0. The highest BCUT2D eigenvalue weighted by Crippen LogP contribution is 2.33. The smallest absolute Gasteiger partial charge is 0.326 e. The first-order valence-corrected chi connectivity index (χ1v) is 12.6. The number of nitrogens with zero attached hydrogens (tertiary/aromatic N) is 4. The minimum absolute atomic E-state index is 0.0251. The number of halogens is 1. The third-order valence-electron chi connectivity index (χ3n) is 7.52. The first-order chi connectivity index (χ1) is 18.0. The number of benzene rings is 2. The summed E-state index contributed by atoms with van der Waals surface area (Å²) >= 11 is 0. The second kappa shape index (κ2) is 9.35. The highest BCUT2D eigenvalue weighted by atomic mass is 19.1. The molecule has 1 aliphatic heterocycles. The third kappa shape index (κ3) is 4.22. The molecule has 8 heteroatoms. The Hall–Kier alpha value is -4.20. The predicted molar refractivity (Wildman–Crippen MR) is 140 cm³/mol. The number of amides is 1. The van der Waals surface area contributed by atoms with Crippen LogP contribution in [0.1, 0.15) is 48.0 Å². The van der Waals surface area contributed by atoms with Crippen LogP contribution in [0.15, 0.2) is 77.9 Å². The molecule has 0 bridgehead atoms. The van der Waals surface area contributed by atoms with Crippen LogP contribution in [0, 0.1) is 12.7 Å². The van der Waals surface area contributed by atoms with E-state index >= 15 is 0 Å². The van der Waals surface area contributed by atoms with E-state index in [9.17, 15) is 14.0 Å². The summed E-state index contributed by atoms with van der Waals surface area (Å²) in [7, 11) is 0. The van der Waals surface area contributed by atoms with Crippen LogP contribution in [-0.4, -0.2) is 42.8 Å². The average Bonchev–Trinajstić information content (AvgIpc) is 3.47. The molecule has 1 amide bonds. The molecule has 1 unspecified atom stereocenters. The molecule has 37 heavy (non-hydrogen) atoms. The Morgan fingerprint density at radius 1 is 1.11 bits per heavy atom. The van der Waals surface area contributed by atoms with E-state index in [1.807, 2.05) is 63.4 Å². The molecule has 2 aromatic carbocycles. The zero-order chi connectivity index (χ0) is 25.5. The van der Waals surface area contributed by atoms with Gasteiger partial charge in [0.2, 0.25) is 5.91 Å². The molecule has 1 saturated heterocycles. The van der Waals surface area contributed by atoms with Gasteiger partial charge in [0.05, 0.1) is 16.7 Å². The molecule has 1 fully saturated rings. The van der Waals surface area contributed by atoms with E-state index in [1.54, 1.807) is 24.4 Å². The van der Waals surface area contributed by atoms with Gasteiger partial charge >= 0.3 is 5.69 Å². The monoisotopic (exact) mass is 497 g/mol. The summed E-state index contributed by atoms with van der Waals surface area (Å²) in [5.41, 5.74) is 4.72. The minimum Gasteiger partial charge on any atom is -0.343 e. The van der Waals surface area contributed by atoms with Crippen LogP contribution >= 0.6 is 0 Å². The van der Waals surface area contributed by atoms with Gasteiger partial charge in [-0.2, -0.15) is 0 Å². The second-order valence-corrected chi connectivity index (χ2v) is 9.82. The Morgan fingerprint density at radius 3 is 2.68 bits per heavy atom. The summed E-state index contributed by atoms with van der Waals surface area (Å²) in [5, 5.41) is 0. The molecule has 0 saturated carbocycles. The van der Waals surface area contributed by atoms with Crippen LogP contribution in [0.4, 0.5) is 4.39 Å². The Kier molecular flexibility index (Phi) is 5.87. The van der Waals surface area contributed by atoms with Crippen LogP contribution in [0.5, 0.6) is 0 Å². The standard InChI is InChI=1S/C29H28FN5O2/c1-19-10-15-34-26(18-31-27(34)16-19)22(21-6-2-3-7-23(21)30)17-28(36)33-13-11-20(12-14-33)35-25-9-5-4-8-24(25)32-29(35)37/h2-10,15-16,18,20,22H,11-14,17H2,1H3,(H,32,37). The molecule has 5 aromatic rings. The predicted octanol–water partition coefficient (Wildman–Crippen LogP) is 4.81. The number of aromatic nitrogens is 4. The number of H-pyrrole nitrogens is 1. The van der Waals surface area contributed by atoms with Crippen molar-refractivity contribution in [1.29, 1.82) is 0 Å². The number of aromatic amines is 1. The van der Waals surface area contributed by atoms with Crippen molar-refractivity contribution in [3.05, 3.63) is 106 Å². The summed E-state index contributed by atoms with van der Waals surface area (Å²) in [6.07, 6.45) is 5.18. The number of pyridine rings is 1. The van der Waals surface area contributed by atoms with Gasteiger partial charge in [0.25, 0.3) is 0 Å². The molecular formula is C29H28FN5O2. The number of hydrogen-bond donors (Lipinski definition) is 1. The van der Waals surface area contributed by atoms with Crippen molar-refractivity contribution < 1.29 is 9.18 Å². The number of likely N-dealkylation sites (tertiary alicyclic amines) is 1. The van der Waals surface area contributed by atoms with Gasteiger partial charge in [-0.05, 0) is 61.2 Å². The zero-order valence-corrected chi connectivity index (χ0v) is 20.6. The van der Waals surface area contributed by atoms with Gasteiger partial charge in [0, 0.05) is 43.9 Å². The molecule has 3 aromatic heterocycles. The van der Waals surface area contributed by atoms with E-state index in [0.717, 1.165) is 27.9 Å². The lowest BCUT2D eigenvalue weighted by Crippen LogP contribution is -2.41. The summed E-state index contributed by atoms with van der Waals surface area (Å²) in [5.74, 6) is -0.833. The molecule has 0 radical (unpaired) electrons. The van der Waals surface area contributed by atoms with Crippen molar-refractivity contribution >= 4 is 22.6 Å². The number of piperidine rings is 1. The second-order valence-electron chi connectivity index (χ2n) is 9.82. The zero-order valence-electron chi connectivity index (χ0n) is 20.6. The van der Waals surface area contributed by atoms with Crippen molar-refractivity contribution in [1.82, 2.24) is 23.8 Å². The molecule has 0 aliphatic carbocycles. The van der Waals surface area contributed by atoms with E-state index in [1.165, 1.54) is 6.07 Å². The van der Waals surface area contributed by atoms with Gasteiger partial charge in [-0.1, -0.05) is 30.3 Å². The molecule has 6 rings (SSSR count). The summed E-state index contributed by atoms with van der Waals surface area (Å²) in [4.78, 5) is 35.5. The number of carbonyl (C=O) groups is 1. The van der Waals surface area contributed by atoms with E-state index in [4.69, 9.17) is 0 Å². The highest BCUT2D eigenvalue weighted by Gasteiger charge is 2.30. The lowest BCUT2D eigenvalue weighted by atomic mass is 9.91. The van der Waals surface area contributed by atoms with Crippen molar-refractivity contribution in [3.8, 4) is 0 Å². The fourth-order valence-electron chi connectivity index (χ4n) is 5.61. The Bertz CT molecular complexity index is 1660. The van der Waals surface area contributed by atoms with Gasteiger partial charge in [-0.3, -0.25) is 9.36 Å². The molecular weight excluding hydrogens is 469 g/mol. The fourth-order valence-corrected chi connectivity index (χ4v) is 5.61. The summed E-state index contributed by atoms with van der Waals surface area (Å²) in [6.45, 7) is 3.10. The van der Waals surface area contributed by atoms with Crippen LogP contribution < -0.4 is 5.69 Å². The molecule has 1 N–H and O–H groups in total. The molecule has 0 spiro atoms. The molecule has 188 valence electrons. The number of fused-ring (bicyclic) bond motifs is 2. The van der Waals surface area contributed by atoms with E-state index in [0.29, 0.717) is 31.5 Å². The normalized spacial score (nSPS) is 15.5. The SMILES string of the molecule is Cc1ccn2c(C(CC(=O)N3CCC(n4c(=O)[nH]c5ccccc54)CC3)c3ccccc3F)cnc2c1. The molecule has 7 nitrogen and oxygen atoms in total. The van der Waals surface area contributed by atoms with E-state index in [2.05, 4.69) is 9.97 Å². The Balaban J connectivity index is 1.24. The van der Waals surface area contributed by atoms with Crippen LogP contribution in [0.3, 0.4) is 0 Å². The van der Waals surface area contributed by atoms with Crippen molar-refractivity contribution in [2.75, 3.05) is 13.1 Å². The highest BCUT2D eigenvalue weighted by molar-refractivity contribution is 5.78. The number of para-hydroxylation sites is 2. The lowest BCUT2D eigenvalue weighted by Gasteiger charge is -2.33. The Morgan fingerprint density at radius 2 is 1.86 bits per heavy atom.